The molecule has 1 amide bonds. The molecule has 25 heavy (non-hydrogen) atoms. The van der Waals surface area contributed by atoms with Crippen molar-refractivity contribution in [1.82, 2.24) is 15.1 Å². The van der Waals surface area contributed by atoms with Crippen LogP contribution >= 0.6 is 0 Å². The fourth-order valence-electron chi connectivity index (χ4n) is 3.06. The summed E-state index contributed by atoms with van der Waals surface area (Å²) in [7, 11) is 0. The molecule has 2 heterocycles. The van der Waals surface area contributed by atoms with Gasteiger partial charge >= 0.3 is 5.97 Å². The number of carbonyl (C=O) groups excluding carboxylic acids is 1. The summed E-state index contributed by atoms with van der Waals surface area (Å²) >= 11 is 0. The van der Waals surface area contributed by atoms with Crippen LogP contribution in [0.5, 0.6) is 0 Å². The van der Waals surface area contributed by atoms with Crippen LogP contribution in [0.1, 0.15) is 32.0 Å². The standard InChI is InChI=1S/C19H15N3O3/c23-18(13-4-2-1-3-5-13)22-10-15-16(11-22)20-21-17(15)12-6-8-14(9-7-12)19(24)25/h1-9H,10-11H2,(H,20,21)(H,24,25). The first-order valence-corrected chi connectivity index (χ1v) is 7.87. The minimum absolute atomic E-state index is 0.0163. The van der Waals surface area contributed by atoms with Crippen molar-refractivity contribution in [2.75, 3.05) is 0 Å². The molecule has 0 fully saturated rings. The summed E-state index contributed by atoms with van der Waals surface area (Å²) in [5.74, 6) is -0.976. The average molecular weight is 333 g/mol. The number of fused-ring (bicyclic) bond motifs is 1. The number of H-pyrrole nitrogens is 1. The molecule has 1 aromatic heterocycles. The number of amides is 1. The summed E-state index contributed by atoms with van der Waals surface area (Å²) in [5, 5.41) is 16.3. The van der Waals surface area contributed by atoms with Gasteiger partial charge in [-0.3, -0.25) is 9.89 Å². The first-order valence-electron chi connectivity index (χ1n) is 7.87. The van der Waals surface area contributed by atoms with Crippen LogP contribution in [-0.4, -0.2) is 32.1 Å². The molecule has 1 aliphatic rings. The van der Waals surface area contributed by atoms with Crippen molar-refractivity contribution in [2.45, 2.75) is 13.1 Å². The zero-order valence-corrected chi connectivity index (χ0v) is 13.3. The van der Waals surface area contributed by atoms with Crippen molar-refractivity contribution < 1.29 is 14.7 Å². The SMILES string of the molecule is O=C(O)c1ccc(-c2n[nH]c3c2CN(C(=O)c2ccccc2)C3)cc1. The Hall–Kier alpha value is -3.41. The Bertz CT molecular complexity index is 946. The number of nitrogens with zero attached hydrogens (tertiary/aromatic N) is 2. The third-order valence-corrected chi connectivity index (χ3v) is 4.36. The Morgan fingerprint density at radius 3 is 2.36 bits per heavy atom. The van der Waals surface area contributed by atoms with Crippen molar-refractivity contribution in [3.8, 4) is 11.3 Å². The van der Waals surface area contributed by atoms with Gasteiger partial charge in [0.15, 0.2) is 0 Å². The summed E-state index contributed by atoms with van der Waals surface area (Å²) < 4.78 is 0. The van der Waals surface area contributed by atoms with E-state index < -0.39 is 5.97 Å². The fourth-order valence-corrected chi connectivity index (χ4v) is 3.06. The number of carbonyl (C=O) groups is 2. The van der Waals surface area contributed by atoms with Crippen LogP contribution < -0.4 is 0 Å². The van der Waals surface area contributed by atoms with E-state index in [2.05, 4.69) is 10.2 Å². The highest BCUT2D eigenvalue weighted by molar-refractivity contribution is 5.94. The quantitative estimate of drug-likeness (QED) is 0.771. The summed E-state index contributed by atoms with van der Waals surface area (Å²) in [6.07, 6.45) is 0. The van der Waals surface area contributed by atoms with E-state index in [9.17, 15) is 9.59 Å². The van der Waals surface area contributed by atoms with E-state index in [-0.39, 0.29) is 11.5 Å². The minimum Gasteiger partial charge on any atom is -0.478 e. The van der Waals surface area contributed by atoms with Gasteiger partial charge in [-0.25, -0.2) is 4.79 Å². The molecule has 3 aromatic rings. The van der Waals surface area contributed by atoms with Crippen molar-refractivity contribution >= 4 is 11.9 Å². The fraction of sp³-hybridized carbons (Fsp3) is 0.105. The van der Waals surface area contributed by atoms with Crippen molar-refractivity contribution in [3.05, 3.63) is 77.0 Å². The van der Waals surface area contributed by atoms with Crippen LogP contribution in [0.25, 0.3) is 11.3 Å². The van der Waals surface area contributed by atoms with Crippen LogP contribution in [0.15, 0.2) is 54.6 Å². The van der Waals surface area contributed by atoms with Crippen molar-refractivity contribution in [3.63, 3.8) is 0 Å². The molecule has 1 aliphatic heterocycles. The Kier molecular flexibility index (Phi) is 3.57. The third kappa shape index (κ3) is 2.67. The van der Waals surface area contributed by atoms with E-state index in [0.29, 0.717) is 18.7 Å². The molecule has 6 nitrogen and oxygen atoms in total. The topological polar surface area (TPSA) is 86.3 Å². The van der Waals surface area contributed by atoms with Gasteiger partial charge < -0.3 is 10.0 Å². The Labute approximate surface area is 143 Å². The monoisotopic (exact) mass is 333 g/mol. The molecule has 2 aromatic carbocycles. The number of aromatic carboxylic acids is 1. The van der Waals surface area contributed by atoms with E-state index in [0.717, 1.165) is 22.5 Å². The van der Waals surface area contributed by atoms with Gasteiger partial charge in [-0.15, -0.1) is 0 Å². The molecule has 0 saturated carbocycles. The maximum absolute atomic E-state index is 12.6. The number of hydrogen-bond donors (Lipinski definition) is 2. The van der Waals surface area contributed by atoms with Gasteiger partial charge in [-0.1, -0.05) is 30.3 Å². The van der Waals surface area contributed by atoms with Crippen molar-refractivity contribution in [2.24, 2.45) is 0 Å². The molecular weight excluding hydrogens is 318 g/mol. The van der Waals surface area contributed by atoms with Gasteiger partial charge in [0.25, 0.3) is 5.91 Å². The molecule has 6 heteroatoms. The van der Waals surface area contributed by atoms with E-state index in [1.807, 2.05) is 18.2 Å². The Morgan fingerprint density at radius 1 is 0.960 bits per heavy atom. The predicted molar refractivity (Wildman–Crippen MR) is 91.0 cm³/mol. The van der Waals surface area contributed by atoms with Crippen LogP contribution in [0.3, 0.4) is 0 Å². The number of aromatic amines is 1. The largest absolute Gasteiger partial charge is 0.478 e. The molecule has 0 radical (unpaired) electrons. The van der Waals surface area contributed by atoms with E-state index in [1.165, 1.54) is 0 Å². The normalized spacial score (nSPS) is 12.9. The van der Waals surface area contributed by atoms with Gasteiger partial charge in [-0.2, -0.15) is 5.10 Å². The number of nitrogens with one attached hydrogen (secondary N) is 1. The number of benzene rings is 2. The van der Waals surface area contributed by atoms with Gasteiger partial charge in [0.2, 0.25) is 0 Å². The third-order valence-electron chi connectivity index (χ3n) is 4.36. The summed E-state index contributed by atoms with van der Waals surface area (Å²) in [6.45, 7) is 0.971. The molecule has 4 rings (SSSR count). The highest BCUT2D eigenvalue weighted by atomic mass is 16.4. The second kappa shape index (κ2) is 5.90. The van der Waals surface area contributed by atoms with Crippen LogP contribution in [0, 0.1) is 0 Å². The van der Waals surface area contributed by atoms with Gasteiger partial charge in [-0.05, 0) is 24.3 Å². The van der Waals surface area contributed by atoms with E-state index >= 15 is 0 Å². The summed E-state index contributed by atoms with van der Waals surface area (Å²) in [6, 6.07) is 15.8. The molecule has 0 unspecified atom stereocenters. The number of aromatic nitrogens is 2. The highest BCUT2D eigenvalue weighted by Crippen LogP contribution is 2.31. The Morgan fingerprint density at radius 2 is 1.68 bits per heavy atom. The van der Waals surface area contributed by atoms with Gasteiger partial charge in [0.05, 0.1) is 30.0 Å². The highest BCUT2D eigenvalue weighted by Gasteiger charge is 2.29. The number of carboxylic acids is 1. The molecule has 0 bridgehead atoms. The smallest absolute Gasteiger partial charge is 0.335 e. The number of carboxylic acid groups (broad SMARTS) is 1. The lowest BCUT2D eigenvalue weighted by atomic mass is 10.1. The minimum atomic E-state index is -0.960. The molecule has 0 saturated heterocycles. The lowest BCUT2D eigenvalue weighted by Crippen LogP contribution is -2.25. The van der Waals surface area contributed by atoms with Gasteiger partial charge in [0, 0.05) is 16.7 Å². The second-order valence-electron chi connectivity index (χ2n) is 5.94. The summed E-state index contributed by atoms with van der Waals surface area (Å²) in [4.78, 5) is 25.4. The molecular formula is C19H15N3O3. The zero-order valence-electron chi connectivity index (χ0n) is 13.3. The van der Waals surface area contributed by atoms with E-state index in [1.54, 1.807) is 41.3 Å². The van der Waals surface area contributed by atoms with Crippen LogP contribution in [-0.2, 0) is 13.1 Å². The van der Waals surface area contributed by atoms with Crippen molar-refractivity contribution in [1.29, 1.82) is 0 Å². The Balaban J connectivity index is 1.59. The zero-order chi connectivity index (χ0) is 17.4. The first-order chi connectivity index (χ1) is 12.1. The van der Waals surface area contributed by atoms with Crippen LogP contribution in [0.2, 0.25) is 0 Å². The molecule has 124 valence electrons. The van der Waals surface area contributed by atoms with Gasteiger partial charge in [0.1, 0.15) is 0 Å². The summed E-state index contributed by atoms with van der Waals surface area (Å²) in [5.41, 5.74) is 4.38. The molecule has 0 spiro atoms. The van der Waals surface area contributed by atoms with E-state index in [4.69, 9.17) is 5.11 Å². The first kappa shape index (κ1) is 15.1. The number of rotatable bonds is 3. The van der Waals surface area contributed by atoms with Crippen LogP contribution in [0.4, 0.5) is 0 Å². The maximum Gasteiger partial charge on any atom is 0.335 e. The number of hydrogen-bond acceptors (Lipinski definition) is 3. The lowest BCUT2D eigenvalue weighted by molar-refractivity contribution is 0.0695. The molecule has 2 N–H and O–H groups in total. The maximum atomic E-state index is 12.6. The molecule has 0 atom stereocenters. The lowest BCUT2D eigenvalue weighted by Gasteiger charge is -2.15. The molecule has 0 aliphatic carbocycles. The average Bonchev–Trinajstić information content (AvgIpc) is 3.22. The predicted octanol–water partition coefficient (Wildman–Crippen LogP) is 2.93. The second-order valence-corrected chi connectivity index (χ2v) is 5.94.